The van der Waals surface area contributed by atoms with Gasteiger partial charge < -0.3 is 9.50 Å². The highest BCUT2D eigenvalue weighted by molar-refractivity contribution is 8.29. The molecule has 0 aliphatic heterocycles. The number of amides is 1. The van der Waals surface area contributed by atoms with Gasteiger partial charge in [-0.1, -0.05) is 50.8 Å². The molecule has 1 N–H and O–H groups in total. The van der Waals surface area contributed by atoms with Crippen LogP contribution in [0, 0.1) is 0 Å². The van der Waals surface area contributed by atoms with E-state index in [9.17, 15) is 14.4 Å². The lowest BCUT2D eigenvalue weighted by molar-refractivity contribution is -0.121. The van der Waals surface area contributed by atoms with Crippen LogP contribution in [-0.4, -0.2) is 53.0 Å². The lowest BCUT2D eigenvalue weighted by Crippen LogP contribution is -2.25. The van der Waals surface area contributed by atoms with Gasteiger partial charge in [-0.3, -0.25) is 14.4 Å². The molecule has 0 unspecified atom stereocenters. The summed E-state index contributed by atoms with van der Waals surface area (Å²) in [5.41, 5.74) is 0.571. The molecule has 0 aliphatic carbocycles. The Kier molecular flexibility index (Phi) is 12.7. The van der Waals surface area contributed by atoms with E-state index in [1.165, 1.54) is 6.92 Å². The van der Waals surface area contributed by atoms with E-state index in [1.54, 1.807) is 13.0 Å². The molecule has 0 aromatic rings. The molecule has 7 heteroatoms. The van der Waals surface area contributed by atoms with Crippen molar-refractivity contribution in [3.05, 3.63) is 23.8 Å². The Labute approximate surface area is 178 Å². The Balaban J connectivity index is 0. The van der Waals surface area contributed by atoms with Crippen LogP contribution in [0.2, 0.25) is 0 Å². The van der Waals surface area contributed by atoms with Crippen molar-refractivity contribution in [1.82, 2.24) is 5.32 Å². The summed E-state index contributed by atoms with van der Waals surface area (Å²) in [6.07, 6.45) is 11.7. The molecule has 0 saturated carbocycles. The molecule has 0 fully saturated rings. The highest BCUT2D eigenvalue weighted by Gasteiger charge is 2.28. The van der Waals surface area contributed by atoms with Crippen molar-refractivity contribution >= 4 is 38.9 Å². The number of hydrogen-bond acceptors (Lipinski definition) is 5. The number of carbonyl (C=O) groups excluding carboxylic acids is 3. The van der Waals surface area contributed by atoms with Gasteiger partial charge >= 0.3 is 0 Å². The molecule has 0 radical (unpaired) electrons. The highest BCUT2D eigenvalue weighted by Crippen LogP contribution is 2.53. The first kappa shape index (κ1) is 27.0. The third-order valence-corrected chi connectivity index (χ3v) is 8.91. The standard InChI is InChI=1S/C21H37NO4S2.H2/c1-17(19(24)16-20(25)27-15-13-22-18(2)23)12-10-8-9-11-14-26-28(6,7)21(3,4)5;/h8,10,12H,9,11,13-16H2,1-7H3,(H,22,23);1H/b10-8+,17-12+;. The molecular formula is C21H39NO4S2. The quantitative estimate of drug-likeness (QED) is 0.210. The molecule has 164 valence electrons. The molecule has 0 atom stereocenters. The van der Waals surface area contributed by atoms with Gasteiger partial charge in [0.05, 0.1) is 13.0 Å². The molecule has 0 saturated heterocycles. The summed E-state index contributed by atoms with van der Waals surface area (Å²) in [6, 6.07) is 0. The lowest BCUT2D eigenvalue weighted by atomic mass is 10.1. The van der Waals surface area contributed by atoms with Crippen LogP contribution in [0.5, 0.6) is 0 Å². The maximum absolute atomic E-state index is 12.0. The number of allylic oxidation sites excluding steroid dienone is 4. The Bertz CT molecular complexity index is 596. The molecule has 5 nitrogen and oxygen atoms in total. The molecule has 0 aromatic heterocycles. The smallest absolute Gasteiger partial charge is 0.216 e. The third-order valence-electron chi connectivity index (χ3n) is 4.33. The average Bonchev–Trinajstić information content (AvgIpc) is 2.56. The van der Waals surface area contributed by atoms with E-state index < -0.39 is 10.3 Å². The summed E-state index contributed by atoms with van der Waals surface area (Å²) in [7, 11) is -1.07. The van der Waals surface area contributed by atoms with Crippen LogP contribution in [0.15, 0.2) is 23.8 Å². The molecule has 0 spiro atoms. The average molecular weight is 434 g/mol. The van der Waals surface area contributed by atoms with Crippen LogP contribution in [0.4, 0.5) is 0 Å². The first-order valence-corrected chi connectivity index (χ1v) is 12.9. The van der Waals surface area contributed by atoms with E-state index in [2.05, 4.69) is 38.6 Å². The summed E-state index contributed by atoms with van der Waals surface area (Å²) < 4.78 is 6.24. The van der Waals surface area contributed by atoms with E-state index >= 15 is 0 Å². The fourth-order valence-electron chi connectivity index (χ4n) is 1.76. The number of thioether (sulfide) groups is 1. The van der Waals surface area contributed by atoms with Gasteiger partial charge in [0.2, 0.25) is 5.91 Å². The topological polar surface area (TPSA) is 72.5 Å². The van der Waals surface area contributed by atoms with E-state index in [-0.39, 0.29) is 29.4 Å². The van der Waals surface area contributed by atoms with Gasteiger partial charge in [0.15, 0.2) is 10.9 Å². The zero-order valence-electron chi connectivity index (χ0n) is 18.4. The second kappa shape index (κ2) is 13.2. The SMILES string of the molecule is CC(=O)NCCSC(=O)CC(=O)/C(C)=C/C=C/CCCOS(C)(C)C(C)(C)C.[HH]. The Hall–Kier alpha value is -1.05. The molecule has 28 heavy (non-hydrogen) atoms. The largest absolute Gasteiger partial charge is 0.356 e. The number of Topliss-reactive ketones (excluding diaryl/α,β-unsaturated/α-hetero) is 1. The Morgan fingerprint density at radius 2 is 1.82 bits per heavy atom. The maximum Gasteiger partial charge on any atom is 0.216 e. The predicted molar refractivity (Wildman–Crippen MR) is 125 cm³/mol. The van der Waals surface area contributed by atoms with Crippen LogP contribution in [0.3, 0.4) is 0 Å². The molecular weight excluding hydrogens is 394 g/mol. The minimum absolute atomic E-state index is 0. The van der Waals surface area contributed by atoms with Gasteiger partial charge in [0, 0.05) is 25.4 Å². The summed E-state index contributed by atoms with van der Waals surface area (Å²) >= 11 is 1.07. The van der Waals surface area contributed by atoms with E-state index in [4.69, 9.17) is 4.18 Å². The zero-order chi connectivity index (χ0) is 21.8. The minimum Gasteiger partial charge on any atom is -0.356 e. The Morgan fingerprint density at radius 3 is 2.39 bits per heavy atom. The van der Waals surface area contributed by atoms with Gasteiger partial charge in [0.25, 0.3) is 0 Å². The lowest BCUT2D eigenvalue weighted by Gasteiger charge is -2.43. The molecule has 0 aliphatic rings. The molecule has 0 aromatic carbocycles. The van der Waals surface area contributed by atoms with Crippen LogP contribution in [-0.2, 0) is 18.6 Å². The van der Waals surface area contributed by atoms with Crippen LogP contribution < -0.4 is 5.32 Å². The van der Waals surface area contributed by atoms with Crippen molar-refractivity contribution in [2.24, 2.45) is 0 Å². The number of rotatable bonds is 12. The highest BCUT2D eigenvalue weighted by atomic mass is 32.3. The van der Waals surface area contributed by atoms with Crippen LogP contribution >= 0.6 is 22.1 Å². The van der Waals surface area contributed by atoms with Crippen molar-refractivity contribution in [2.75, 3.05) is 31.4 Å². The summed E-state index contributed by atoms with van der Waals surface area (Å²) in [6.45, 7) is 10.9. The normalized spacial score (nSPS) is 13.6. The Morgan fingerprint density at radius 1 is 1.18 bits per heavy atom. The number of nitrogens with one attached hydrogen (secondary N) is 1. The van der Waals surface area contributed by atoms with Gasteiger partial charge in [-0.25, -0.2) is 0 Å². The maximum atomic E-state index is 12.0. The van der Waals surface area contributed by atoms with Crippen molar-refractivity contribution in [3.63, 3.8) is 0 Å². The van der Waals surface area contributed by atoms with Crippen molar-refractivity contribution < 1.29 is 20.0 Å². The molecule has 0 bridgehead atoms. The second-order valence-electron chi connectivity index (χ2n) is 7.89. The van der Waals surface area contributed by atoms with Crippen molar-refractivity contribution in [3.8, 4) is 0 Å². The van der Waals surface area contributed by atoms with Crippen LogP contribution in [0.1, 0.15) is 55.3 Å². The van der Waals surface area contributed by atoms with E-state index in [0.29, 0.717) is 17.9 Å². The monoisotopic (exact) mass is 433 g/mol. The van der Waals surface area contributed by atoms with Gasteiger partial charge in [-0.15, -0.1) is 10.3 Å². The van der Waals surface area contributed by atoms with Gasteiger partial charge in [-0.2, -0.15) is 0 Å². The summed E-state index contributed by atoms with van der Waals surface area (Å²) in [5.74, 6) is 0.186. The molecule has 1 amide bonds. The zero-order valence-corrected chi connectivity index (χ0v) is 20.1. The fraction of sp³-hybridized carbons (Fsp3) is 0.667. The third kappa shape index (κ3) is 12.4. The summed E-state index contributed by atoms with van der Waals surface area (Å²) in [5, 5.41) is 2.44. The fourth-order valence-corrected chi connectivity index (χ4v) is 3.31. The predicted octanol–water partition coefficient (Wildman–Crippen LogP) is 4.66. The van der Waals surface area contributed by atoms with Crippen molar-refractivity contribution in [2.45, 2.75) is 58.6 Å². The number of hydrogen-bond donors (Lipinski definition) is 1. The van der Waals surface area contributed by atoms with Gasteiger partial charge in [-0.05, 0) is 37.9 Å². The van der Waals surface area contributed by atoms with Gasteiger partial charge in [0.1, 0.15) is 0 Å². The second-order valence-corrected chi connectivity index (χ2v) is 13.0. The number of unbranched alkanes of at least 4 members (excludes halogenated alkanes) is 1. The number of carbonyl (C=O) groups is 3. The first-order chi connectivity index (χ1) is 12.9. The van der Waals surface area contributed by atoms with E-state index in [1.807, 2.05) is 12.2 Å². The van der Waals surface area contributed by atoms with Crippen molar-refractivity contribution in [1.29, 1.82) is 0 Å². The molecule has 0 heterocycles. The minimum atomic E-state index is -1.07. The number of ketones is 1. The summed E-state index contributed by atoms with van der Waals surface area (Å²) in [4.78, 5) is 34.6. The first-order valence-electron chi connectivity index (χ1n) is 9.51. The van der Waals surface area contributed by atoms with Crippen LogP contribution in [0.25, 0.3) is 0 Å². The van der Waals surface area contributed by atoms with E-state index in [0.717, 1.165) is 31.2 Å². The molecule has 0 rings (SSSR count).